The van der Waals surface area contributed by atoms with Crippen LogP contribution in [0.1, 0.15) is 25.8 Å². The summed E-state index contributed by atoms with van der Waals surface area (Å²) in [6.07, 6.45) is 1.09. The molecule has 0 radical (unpaired) electrons. The SMILES string of the molecule is CCC(C)NC(=O)Cc1ccc(O)c(O)c1. The molecule has 0 saturated heterocycles. The van der Waals surface area contributed by atoms with Crippen LogP contribution in [0.25, 0.3) is 0 Å². The van der Waals surface area contributed by atoms with Crippen molar-refractivity contribution in [2.45, 2.75) is 32.7 Å². The van der Waals surface area contributed by atoms with Crippen LogP contribution >= 0.6 is 0 Å². The summed E-state index contributed by atoms with van der Waals surface area (Å²) in [6, 6.07) is 4.54. The molecular weight excluding hydrogens is 206 g/mol. The van der Waals surface area contributed by atoms with Crippen LogP contribution in [-0.4, -0.2) is 22.2 Å². The average molecular weight is 223 g/mol. The van der Waals surface area contributed by atoms with Gasteiger partial charge in [-0.05, 0) is 31.0 Å². The number of aromatic hydroxyl groups is 2. The minimum absolute atomic E-state index is 0.0839. The zero-order valence-electron chi connectivity index (χ0n) is 9.53. The Balaban J connectivity index is 2.59. The van der Waals surface area contributed by atoms with Crippen LogP contribution in [0.4, 0.5) is 0 Å². The summed E-state index contributed by atoms with van der Waals surface area (Å²) in [7, 11) is 0. The number of nitrogens with one attached hydrogen (secondary N) is 1. The molecule has 1 aromatic rings. The van der Waals surface area contributed by atoms with E-state index < -0.39 is 0 Å². The van der Waals surface area contributed by atoms with E-state index in [-0.39, 0.29) is 29.9 Å². The molecule has 0 spiro atoms. The third-order valence-corrected chi connectivity index (χ3v) is 2.42. The lowest BCUT2D eigenvalue weighted by Crippen LogP contribution is -2.33. The molecule has 0 aliphatic rings. The fourth-order valence-corrected chi connectivity index (χ4v) is 1.29. The first-order valence-corrected chi connectivity index (χ1v) is 5.33. The number of benzene rings is 1. The van der Waals surface area contributed by atoms with Crippen molar-refractivity contribution in [2.75, 3.05) is 0 Å². The van der Waals surface area contributed by atoms with Crippen LogP contribution in [0, 0.1) is 0 Å². The highest BCUT2D eigenvalue weighted by Crippen LogP contribution is 2.24. The molecule has 88 valence electrons. The molecule has 0 saturated carbocycles. The fourth-order valence-electron chi connectivity index (χ4n) is 1.29. The Morgan fingerprint density at radius 3 is 2.62 bits per heavy atom. The number of carbonyl (C=O) groups is 1. The van der Waals surface area contributed by atoms with Crippen molar-refractivity contribution >= 4 is 5.91 Å². The molecule has 4 heteroatoms. The van der Waals surface area contributed by atoms with Crippen LogP contribution in [0.2, 0.25) is 0 Å². The lowest BCUT2D eigenvalue weighted by molar-refractivity contribution is -0.121. The number of amides is 1. The maximum absolute atomic E-state index is 11.5. The highest BCUT2D eigenvalue weighted by Gasteiger charge is 2.08. The van der Waals surface area contributed by atoms with Crippen LogP contribution in [0.5, 0.6) is 11.5 Å². The number of phenolic OH excluding ortho intramolecular Hbond substituents is 2. The summed E-state index contributed by atoms with van der Waals surface area (Å²) < 4.78 is 0. The highest BCUT2D eigenvalue weighted by atomic mass is 16.3. The van der Waals surface area contributed by atoms with Gasteiger partial charge in [0.05, 0.1) is 6.42 Å². The van der Waals surface area contributed by atoms with Gasteiger partial charge in [-0.25, -0.2) is 0 Å². The van der Waals surface area contributed by atoms with Crippen molar-refractivity contribution in [1.29, 1.82) is 0 Å². The second kappa shape index (κ2) is 5.39. The molecule has 0 bridgehead atoms. The predicted molar refractivity (Wildman–Crippen MR) is 61.4 cm³/mol. The fraction of sp³-hybridized carbons (Fsp3) is 0.417. The van der Waals surface area contributed by atoms with Crippen molar-refractivity contribution in [1.82, 2.24) is 5.32 Å². The van der Waals surface area contributed by atoms with Crippen LogP contribution in [0.15, 0.2) is 18.2 Å². The Hall–Kier alpha value is -1.71. The van der Waals surface area contributed by atoms with E-state index in [2.05, 4.69) is 5.32 Å². The smallest absolute Gasteiger partial charge is 0.224 e. The summed E-state index contributed by atoms with van der Waals surface area (Å²) in [5.41, 5.74) is 0.677. The summed E-state index contributed by atoms with van der Waals surface area (Å²) >= 11 is 0. The predicted octanol–water partition coefficient (Wildman–Crippen LogP) is 1.55. The molecule has 1 unspecified atom stereocenters. The summed E-state index contributed by atoms with van der Waals surface area (Å²) in [4.78, 5) is 11.5. The number of hydrogen-bond donors (Lipinski definition) is 3. The van der Waals surface area contributed by atoms with Gasteiger partial charge in [0.1, 0.15) is 0 Å². The quantitative estimate of drug-likeness (QED) is 0.678. The van der Waals surface area contributed by atoms with Crippen molar-refractivity contribution in [3.63, 3.8) is 0 Å². The van der Waals surface area contributed by atoms with E-state index in [0.29, 0.717) is 5.56 Å². The Kier molecular flexibility index (Phi) is 4.17. The molecule has 0 heterocycles. The van der Waals surface area contributed by atoms with Crippen LogP contribution in [-0.2, 0) is 11.2 Å². The van der Waals surface area contributed by atoms with E-state index in [1.165, 1.54) is 12.1 Å². The van der Waals surface area contributed by atoms with Gasteiger partial charge in [0.25, 0.3) is 0 Å². The van der Waals surface area contributed by atoms with Gasteiger partial charge in [0.2, 0.25) is 5.91 Å². The molecule has 0 aromatic heterocycles. The summed E-state index contributed by atoms with van der Waals surface area (Å²) in [6.45, 7) is 3.93. The zero-order chi connectivity index (χ0) is 12.1. The molecule has 1 aromatic carbocycles. The summed E-state index contributed by atoms with van der Waals surface area (Å²) in [5.74, 6) is -0.459. The average Bonchev–Trinajstić information content (AvgIpc) is 2.23. The Labute approximate surface area is 94.9 Å². The Bertz CT molecular complexity index is 377. The van der Waals surface area contributed by atoms with E-state index >= 15 is 0 Å². The second-order valence-corrected chi connectivity index (χ2v) is 3.88. The van der Waals surface area contributed by atoms with Gasteiger partial charge in [0, 0.05) is 6.04 Å². The lowest BCUT2D eigenvalue weighted by atomic mass is 10.1. The first-order valence-electron chi connectivity index (χ1n) is 5.33. The molecule has 0 fully saturated rings. The summed E-state index contributed by atoms with van der Waals surface area (Å²) in [5, 5.41) is 21.2. The minimum atomic E-state index is -0.200. The molecule has 4 nitrogen and oxygen atoms in total. The standard InChI is InChI=1S/C12H17NO3/c1-3-8(2)13-12(16)7-9-4-5-10(14)11(15)6-9/h4-6,8,14-15H,3,7H2,1-2H3,(H,13,16). The first kappa shape index (κ1) is 12.4. The van der Waals surface area contributed by atoms with E-state index in [4.69, 9.17) is 5.11 Å². The van der Waals surface area contributed by atoms with Gasteiger partial charge in [-0.3, -0.25) is 4.79 Å². The maximum Gasteiger partial charge on any atom is 0.224 e. The van der Waals surface area contributed by atoms with Gasteiger partial charge in [0.15, 0.2) is 11.5 Å². The molecule has 0 aliphatic heterocycles. The third-order valence-electron chi connectivity index (χ3n) is 2.42. The Morgan fingerprint density at radius 2 is 2.06 bits per heavy atom. The van der Waals surface area contributed by atoms with E-state index in [0.717, 1.165) is 6.42 Å². The molecular formula is C12H17NO3. The van der Waals surface area contributed by atoms with Gasteiger partial charge in [-0.15, -0.1) is 0 Å². The molecule has 16 heavy (non-hydrogen) atoms. The van der Waals surface area contributed by atoms with E-state index in [9.17, 15) is 9.90 Å². The molecule has 3 N–H and O–H groups in total. The monoisotopic (exact) mass is 223 g/mol. The maximum atomic E-state index is 11.5. The molecule has 1 atom stereocenters. The zero-order valence-corrected chi connectivity index (χ0v) is 9.53. The van der Waals surface area contributed by atoms with Gasteiger partial charge in [-0.2, -0.15) is 0 Å². The van der Waals surface area contributed by atoms with Crippen molar-refractivity contribution in [2.24, 2.45) is 0 Å². The third kappa shape index (κ3) is 3.46. The number of carbonyl (C=O) groups excluding carboxylic acids is 1. The van der Waals surface area contributed by atoms with Crippen molar-refractivity contribution in [3.05, 3.63) is 23.8 Å². The van der Waals surface area contributed by atoms with Crippen LogP contribution in [0.3, 0.4) is 0 Å². The molecule has 0 aliphatic carbocycles. The topological polar surface area (TPSA) is 69.6 Å². The second-order valence-electron chi connectivity index (χ2n) is 3.88. The van der Waals surface area contributed by atoms with Crippen molar-refractivity contribution in [3.8, 4) is 11.5 Å². The van der Waals surface area contributed by atoms with Crippen molar-refractivity contribution < 1.29 is 15.0 Å². The lowest BCUT2D eigenvalue weighted by Gasteiger charge is -2.11. The van der Waals surface area contributed by atoms with Gasteiger partial charge >= 0.3 is 0 Å². The number of phenols is 2. The largest absolute Gasteiger partial charge is 0.504 e. The minimum Gasteiger partial charge on any atom is -0.504 e. The normalized spacial score (nSPS) is 12.1. The molecule has 1 amide bonds. The van der Waals surface area contributed by atoms with E-state index in [1.54, 1.807) is 6.07 Å². The van der Waals surface area contributed by atoms with Crippen LogP contribution < -0.4 is 5.32 Å². The number of hydrogen-bond acceptors (Lipinski definition) is 3. The Morgan fingerprint density at radius 1 is 1.38 bits per heavy atom. The van der Waals surface area contributed by atoms with Gasteiger partial charge < -0.3 is 15.5 Å². The number of rotatable bonds is 4. The van der Waals surface area contributed by atoms with Gasteiger partial charge in [-0.1, -0.05) is 13.0 Å². The first-order chi connectivity index (χ1) is 7.52. The van der Waals surface area contributed by atoms with E-state index in [1.807, 2.05) is 13.8 Å². The molecule has 1 rings (SSSR count). The highest BCUT2D eigenvalue weighted by molar-refractivity contribution is 5.79.